The Labute approximate surface area is 173 Å². The molecule has 6 nitrogen and oxygen atoms in total. The number of carbonyl (C=O) groups is 2. The maximum atomic E-state index is 12.8. The van der Waals surface area contributed by atoms with Crippen LogP contribution in [0.2, 0.25) is 5.02 Å². The number of methoxy groups -OCH3 is 2. The van der Waals surface area contributed by atoms with Gasteiger partial charge in [-0.3, -0.25) is 9.59 Å². The second-order valence-electron chi connectivity index (χ2n) is 6.36. The first kappa shape index (κ1) is 20.5. The molecule has 0 unspecified atom stereocenters. The first-order chi connectivity index (χ1) is 13.9. The topological polar surface area (TPSA) is 76.1 Å². The van der Waals surface area contributed by atoms with Gasteiger partial charge in [0, 0.05) is 17.1 Å². The van der Waals surface area contributed by atoms with Crippen molar-refractivity contribution in [3.8, 4) is 11.5 Å². The summed E-state index contributed by atoms with van der Waals surface area (Å²) in [6.45, 7) is 3.81. The van der Waals surface area contributed by atoms with Gasteiger partial charge in [-0.1, -0.05) is 23.7 Å². The number of likely N-dealkylation sites (tertiary alicyclic amines) is 1. The number of Topliss-reactive ketones (excluding diaryl/α,β-unsaturated/α-hetero) is 1. The summed E-state index contributed by atoms with van der Waals surface area (Å²) < 4.78 is 10.6. The molecule has 29 heavy (non-hydrogen) atoms. The fraction of sp³-hybridized carbons (Fsp3) is 0.182. The first-order valence-electron chi connectivity index (χ1n) is 8.80. The molecule has 0 bridgehead atoms. The SMILES string of the molecule is C=CCN1C(=O)C(=O)C(=C(O)c2ccc(Cl)cc2)[C@H]1c1ccc(OC)c(OC)c1. The molecule has 0 aliphatic carbocycles. The summed E-state index contributed by atoms with van der Waals surface area (Å²) in [7, 11) is 3.01. The second kappa shape index (κ2) is 8.41. The van der Waals surface area contributed by atoms with Crippen LogP contribution in [0.3, 0.4) is 0 Å². The lowest BCUT2D eigenvalue weighted by atomic mass is 9.95. The minimum absolute atomic E-state index is 0.00797. The second-order valence-corrected chi connectivity index (χ2v) is 6.80. The summed E-state index contributed by atoms with van der Waals surface area (Å²) in [5, 5.41) is 11.4. The number of halogens is 1. The Morgan fingerprint density at radius 2 is 1.79 bits per heavy atom. The molecule has 0 spiro atoms. The number of ketones is 1. The predicted octanol–water partition coefficient (Wildman–Crippen LogP) is 3.96. The fourth-order valence-electron chi connectivity index (χ4n) is 3.34. The van der Waals surface area contributed by atoms with Crippen molar-refractivity contribution in [2.75, 3.05) is 20.8 Å². The molecule has 3 rings (SSSR count). The van der Waals surface area contributed by atoms with E-state index in [4.69, 9.17) is 21.1 Å². The molecule has 1 amide bonds. The smallest absolute Gasteiger partial charge is 0.295 e. The van der Waals surface area contributed by atoms with Crippen LogP contribution in [0.4, 0.5) is 0 Å². The monoisotopic (exact) mass is 413 g/mol. The third-order valence-electron chi connectivity index (χ3n) is 4.71. The Morgan fingerprint density at radius 1 is 1.14 bits per heavy atom. The van der Waals surface area contributed by atoms with Crippen LogP contribution < -0.4 is 9.47 Å². The molecule has 0 saturated carbocycles. The van der Waals surface area contributed by atoms with E-state index in [1.165, 1.54) is 25.2 Å². The number of aliphatic hydroxyl groups is 1. The van der Waals surface area contributed by atoms with Gasteiger partial charge in [0.05, 0.1) is 25.8 Å². The molecular formula is C22H20ClNO5. The lowest BCUT2D eigenvalue weighted by Gasteiger charge is -2.24. The van der Waals surface area contributed by atoms with E-state index in [2.05, 4.69) is 6.58 Å². The number of amides is 1. The minimum atomic E-state index is -0.802. The van der Waals surface area contributed by atoms with Crippen LogP contribution in [0.1, 0.15) is 17.2 Å². The lowest BCUT2D eigenvalue weighted by Crippen LogP contribution is -2.29. The van der Waals surface area contributed by atoms with E-state index in [1.54, 1.807) is 42.5 Å². The van der Waals surface area contributed by atoms with Crippen molar-refractivity contribution < 1.29 is 24.2 Å². The Balaban J connectivity index is 2.21. The Hall–Kier alpha value is -3.25. The van der Waals surface area contributed by atoms with Crippen molar-refractivity contribution >= 4 is 29.1 Å². The van der Waals surface area contributed by atoms with E-state index in [-0.39, 0.29) is 17.9 Å². The third kappa shape index (κ3) is 3.71. The van der Waals surface area contributed by atoms with Gasteiger partial charge >= 0.3 is 0 Å². The molecule has 0 aromatic heterocycles. The number of aliphatic hydroxyl groups excluding tert-OH is 1. The Kier molecular flexibility index (Phi) is 5.94. The predicted molar refractivity (Wildman–Crippen MR) is 110 cm³/mol. The number of hydrogen-bond acceptors (Lipinski definition) is 5. The number of ether oxygens (including phenoxy) is 2. The van der Waals surface area contributed by atoms with Crippen LogP contribution in [-0.2, 0) is 9.59 Å². The van der Waals surface area contributed by atoms with E-state index < -0.39 is 17.7 Å². The molecule has 150 valence electrons. The summed E-state index contributed by atoms with van der Waals surface area (Å²) in [5.74, 6) is -0.791. The maximum Gasteiger partial charge on any atom is 0.295 e. The minimum Gasteiger partial charge on any atom is -0.507 e. The van der Waals surface area contributed by atoms with Crippen molar-refractivity contribution in [1.82, 2.24) is 4.90 Å². The summed E-state index contributed by atoms with van der Waals surface area (Å²) in [6, 6.07) is 10.7. The molecule has 7 heteroatoms. The molecule has 1 aliphatic heterocycles. The zero-order chi connectivity index (χ0) is 21.1. The van der Waals surface area contributed by atoms with E-state index in [0.29, 0.717) is 27.6 Å². The highest BCUT2D eigenvalue weighted by molar-refractivity contribution is 6.46. The number of rotatable bonds is 6. The molecule has 0 radical (unpaired) electrons. The van der Waals surface area contributed by atoms with Gasteiger partial charge in [0.2, 0.25) is 0 Å². The van der Waals surface area contributed by atoms with Crippen molar-refractivity contribution in [1.29, 1.82) is 0 Å². The molecule has 1 atom stereocenters. The molecular weight excluding hydrogens is 394 g/mol. The van der Waals surface area contributed by atoms with Gasteiger partial charge in [-0.2, -0.15) is 0 Å². The van der Waals surface area contributed by atoms with Crippen LogP contribution in [0.25, 0.3) is 5.76 Å². The molecule has 1 fully saturated rings. The van der Waals surface area contributed by atoms with Crippen molar-refractivity contribution in [2.45, 2.75) is 6.04 Å². The van der Waals surface area contributed by atoms with Gasteiger partial charge in [-0.15, -0.1) is 6.58 Å². The summed E-state index contributed by atoms with van der Waals surface area (Å²) in [6.07, 6.45) is 1.53. The summed E-state index contributed by atoms with van der Waals surface area (Å²) >= 11 is 5.91. The summed E-state index contributed by atoms with van der Waals surface area (Å²) in [5.41, 5.74) is 0.974. The van der Waals surface area contributed by atoms with Crippen molar-refractivity contribution in [2.24, 2.45) is 0 Å². The third-order valence-corrected chi connectivity index (χ3v) is 4.96. The molecule has 1 aliphatic rings. The molecule has 2 aromatic rings. The number of carbonyl (C=O) groups excluding carboxylic acids is 2. The standard InChI is InChI=1S/C22H20ClNO5/c1-4-11-24-19(14-7-10-16(28-2)17(12-14)29-3)18(21(26)22(24)27)20(25)13-5-8-15(23)9-6-13/h4-10,12,19,25H,1,11H2,2-3H3/t19-/m1/s1. The van der Waals surface area contributed by atoms with Crippen LogP contribution in [0.15, 0.2) is 60.7 Å². The first-order valence-corrected chi connectivity index (χ1v) is 9.17. The normalized spacial score (nSPS) is 18.0. The van der Waals surface area contributed by atoms with E-state index in [9.17, 15) is 14.7 Å². The highest BCUT2D eigenvalue weighted by atomic mass is 35.5. The van der Waals surface area contributed by atoms with Crippen molar-refractivity contribution in [3.05, 3.63) is 76.8 Å². The Bertz CT molecular complexity index is 997. The highest BCUT2D eigenvalue weighted by Crippen LogP contribution is 2.41. The average molecular weight is 414 g/mol. The van der Waals surface area contributed by atoms with Gasteiger partial charge in [0.25, 0.3) is 11.7 Å². The van der Waals surface area contributed by atoms with Gasteiger partial charge in [0.1, 0.15) is 5.76 Å². The highest BCUT2D eigenvalue weighted by Gasteiger charge is 2.45. The largest absolute Gasteiger partial charge is 0.507 e. The zero-order valence-electron chi connectivity index (χ0n) is 16.0. The number of benzene rings is 2. The molecule has 1 saturated heterocycles. The maximum absolute atomic E-state index is 12.8. The summed E-state index contributed by atoms with van der Waals surface area (Å²) in [4.78, 5) is 26.8. The van der Waals surface area contributed by atoms with Gasteiger partial charge in [0.15, 0.2) is 11.5 Å². The quantitative estimate of drug-likeness (QED) is 0.335. The zero-order valence-corrected chi connectivity index (χ0v) is 16.8. The molecule has 1 N–H and O–H groups in total. The van der Waals surface area contributed by atoms with Crippen molar-refractivity contribution in [3.63, 3.8) is 0 Å². The van der Waals surface area contributed by atoms with Crippen LogP contribution in [-0.4, -0.2) is 42.5 Å². The van der Waals surface area contributed by atoms with Gasteiger partial charge in [-0.05, 0) is 42.0 Å². The average Bonchev–Trinajstić information content (AvgIpc) is 2.98. The van der Waals surface area contributed by atoms with E-state index in [0.717, 1.165) is 0 Å². The Morgan fingerprint density at radius 3 is 2.38 bits per heavy atom. The number of nitrogens with zero attached hydrogens (tertiary/aromatic N) is 1. The van der Waals surface area contributed by atoms with Crippen LogP contribution in [0.5, 0.6) is 11.5 Å². The molecule has 2 aromatic carbocycles. The van der Waals surface area contributed by atoms with Gasteiger partial charge < -0.3 is 19.5 Å². The van der Waals surface area contributed by atoms with E-state index >= 15 is 0 Å². The fourth-order valence-corrected chi connectivity index (χ4v) is 3.47. The number of hydrogen-bond donors (Lipinski definition) is 1. The van der Waals surface area contributed by atoms with Crippen LogP contribution in [0, 0.1) is 0 Å². The lowest BCUT2D eigenvalue weighted by molar-refractivity contribution is -0.139. The van der Waals surface area contributed by atoms with Gasteiger partial charge in [-0.25, -0.2) is 0 Å². The van der Waals surface area contributed by atoms with E-state index in [1.807, 2.05) is 0 Å². The molecule has 1 heterocycles. The van der Waals surface area contributed by atoms with Crippen LogP contribution >= 0.6 is 11.6 Å².